The van der Waals surface area contributed by atoms with Gasteiger partial charge in [0.25, 0.3) is 0 Å². The predicted molar refractivity (Wildman–Crippen MR) is 78.8 cm³/mol. The summed E-state index contributed by atoms with van der Waals surface area (Å²) in [6, 6.07) is 5.66. The van der Waals surface area contributed by atoms with Gasteiger partial charge in [0.15, 0.2) is 0 Å². The van der Waals surface area contributed by atoms with Gasteiger partial charge in [-0.1, -0.05) is 0 Å². The number of hydrogen-bond acceptors (Lipinski definition) is 5. The van der Waals surface area contributed by atoms with Gasteiger partial charge >= 0.3 is 0 Å². The molecule has 0 unspecified atom stereocenters. The van der Waals surface area contributed by atoms with Gasteiger partial charge < -0.3 is 23.7 Å². The number of benzene rings is 2. The first kappa shape index (κ1) is 13.8. The third-order valence-electron chi connectivity index (χ3n) is 3.70. The number of hydrogen-bond donors (Lipinski definition) is 0. The van der Waals surface area contributed by atoms with Crippen molar-refractivity contribution in [3.8, 4) is 23.0 Å². The van der Waals surface area contributed by atoms with Gasteiger partial charge in [0.1, 0.15) is 29.1 Å². The second kappa shape index (κ2) is 5.33. The van der Waals surface area contributed by atoms with Crippen LogP contribution in [0.4, 0.5) is 0 Å². The molecule has 1 atom stereocenters. The monoisotopic (exact) mass is 290 g/mol. The summed E-state index contributed by atoms with van der Waals surface area (Å²) in [6.45, 7) is 0.692. The Morgan fingerprint density at radius 1 is 0.857 bits per heavy atom. The first-order valence-electron chi connectivity index (χ1n) is 6.66. The molecule has 0 radical (unpaired) electrons. The molecule has 1 saturated heterocycles. The summed E-state index contributed by atoms with van der Waals surface area (Å²) < 4.78 is 27.5. The molecule has 0 spiro atoms. The van der Waals surface area contributed by atoms with Crippen molar-refractivity contribution in [2.45, 2.75) is 6.10 Å². The summed E-state index contributed by atoms with van der Waals surface area (Å²) in [5.41, 5.74) is 0.966. The zero-order chi connectivity index (χ0) is 15.0. The lowest BCUT2D eigenvalue weighted by Crippen LogP contribution is -1.99. The van der Waals surface area contributed by atoms with Crippen LogP contribution in [0, 0.1) is 0 Å². The second-order valence-electron chi connectivity index (χ2n) is 4.74. The number of rotatable bonds is 5. The second-order valence-corrected chi connectivity index (χ2v) is 4.74. The van der Waals surface area contributed by atoms with Crippen molar-refractivity contribution in [1.82, 2.24) is 0 Å². The maximum Gasteiger partial charge on any atom is 0.136 e. The molecule has 1 heterocycles. The Kier molecular flexibility index (Phi) is 3.51. The van der Waals surface area contributed by atoms with Crippen molar-refractivity contribution in [3.63, 3.8) is 0 Å². The van der Waals surface area contributed by atoms with Gasteiger partial charge in [-0.2, -0.15) is 0 Å². The Morgan fingerprint density at radius 2 is 1.43 bits per heavy atom. The molecule has 2 aromatic rings. The van der Waals surface area contributed by atoms with Crippen molar-refractivity contribution < 1.29 is 23.7 Å². The zero-order valence-corrected chi connectivity index (χ0v) is 12.6. The summed E-state index contributed by atoms with van der Waals surface area (Å²) >= 11 is 0. The molecule has 0 saturated carbocycles. The van der Waals surface area contributed by atoms with E-state index in [9.17, 15) is 0 Å². The summed E-state index contributed by atoms with van der Waals surface area (Å²) in [7, 11) is 6.54. The number of fused-ring (bicyclic) bond motifs is 1. The first-order valence-corrected chi connectivity index (χ1v) is 6.66. The lowest BCUT2D eigenvalue weighted by Gasteiger charge is -2.18. The molecule has 3 rings (SSSR count). The van der Waals surface area contributed by atoms with E-state index in [-0.39, 0.29) is 6.10 Å². The highest BCUT2D eigenvalue weighted by molar-refractivity contribution is 6.03. The highest BCUT2D eigenvalue weighted by Crippen LogP contribution is 2.50. The van der Waals surface area contributed by atoms with Crippen molar-refractivity contribution in [3.05, 3.63) is 23.8 Å². The Balaban J connectivity index is 2.44. The van der Waals surface area contributed by atoms with Crippen molar-refractivity contribution in [2.75, 3.05) is 35.0 Å². The largest absolute Gasteiger partial charge is 0.496 e. The van der Waals surface area contributed by atoms with Crippen LogP contribution in [0.25, 0.3) is 10.8 Å². The van der Waals surface area contributed by atoms with Gasteiger partial charge in [0.05, 0.1) is 45.8 Å². The normalized spacial score (nSPS) is 16.7. The van der Waals surface area contributed by atoms with Crippen molar-refractivity contribution in [2.24, 2.45) is 0 Å². The van der Waals surface area contributed by atoms with Gasteiger partial charge in [0.2, 0.25) is 0 Å². The smallest absolute Gasteiger partial charge is 0.136 e. The van der Waals surface area contributed by atoms with E-state index in [4.69, 9.17) is 23.7 Å². The van der Waals surface area contributed by atoms with Crippen LogP contribution in [0.1, 0.15) is 11.7 Å². The van der Waals surface area contributed by atoms with Crippen LogP contribution < -0.4 is 18.9 Å². The third-order valence-corrected chi connectivity index (χ3v) is 3.70. The molecule has 2 aromatic carbocycles. The lowest BCUT2D eigenvalue weighted by molar-refractivity contribution is 0.376. The van der Waals surface area contributed by atoms with Gasteiger partial charge in [-0.15, -0.1) is 0 Å². The minimum atomic E-state index is 0.0501. The third kappa shape index (κ3) is 2.14. The van der Waals surface area contributed by atoms with E-state index in [1.54, 1.807) is 28.4 Å². The van der Waals surface area contributed by atoms with E-state index in [2.05, 4.69) is 0 Å². The highest BCUT2D eigenvalue weighted by Gasteiger charge is 2.32. The average molecular weight is 290 g/mol. The molecule has 1 fully saturated rings. The fourth-order valence-corrected chi connectivity index (χ4v) is 2.65. The van der Waals surface area contributed by atoms with E-state index in [1.165, 1.54) is 0 Å². The van der Waals surface area contributed by atoms with Gasteiger partial charge in [-0.05, 0) is 18.2 Å². The minimum absolute atomic E-state index is 0.0501. The van der Waals surface area contributed by atoms with Crippen LogP contribution >= 0.6 is 0 Å². The van der Waals surface area contributed by atoms with E-state index >= 15 is 0 Å². The number of ether oxygens (including phenoxy) is 5. The molecule has 5 nitrogen and oxygen atoms in total. The molecular weight excluding hydrogens is 272 g/mol. The number of epoxide rings is 1. The molecule has 112 valence electrons. The quantitative estimate of drug-likeness (QED) is 0.792. The molecule has 1 aliphatic rings. The predicted octanol–water partition coefficient (Wildman–Crippen LogP) is 2.95. The van der Waals surface area contributed by atoms with Crippen LogP contribution in [0.5, 0.6) is 23.0 Å². The van der Waals surface area contributed by atoms with Crippen molar-refractivity contribution in [1.29, 1.82) is 0 Å². The van der Waals surface area contributed by atoms with Crippen molar-refractivity contribution >= 4 is 10.8 Å². The van der Waals surface area contributed by atoms with E-state index in [0.717, 1.165) is 22.1 Å². The molecule has 0 aromatic heterocycles. The molecule has 0 N–H and O–H groups in total. The van der Waals surface area contributed by atoms with Crippen LogP contribution in [-0.4, -0.2) is 35.0 Å². The standard InChI is InChI=1S/C16H18O5/c1-17-10-5-6-11(18-2)15-14(10)12(19-3)7-9(13-8-21-13)16(15)20-4/h5-7,13H,8H2,1-4H3/t13-/m0/s1. The molecule has 0 amide bonds. The molecule has 21 heavy (non-hydrogen) atoms. The SMILES string of the molecule is COc1ccc(OC)c2c(OC)c([C@@H]3CO3)cc(OC)c12. The molecular formula is C16H18O5. The van der Waals surface area contributed by atoms with Gasteiger partial charge in [-0.25, -0.2) is 0 Å². The zero-order valence-electron chi connectivity index (χ0n) is 12.6. The van der Waals surface area contributed by atoms with Gasteiger partial charge in [0, 0.05) is 5.56 Å². The molecule has 0 bridgehead atoms. The Bertz CT molecular complexity index is 676. The number of methoxy groups -OCH3 is 4. The van der Waals surface area contributed by atoms with Gasteiger partial charge in [-0.3, -0.25) is 0 Å². The Labute approximate surface area is 123 Å². The highest BCUT2D eigenvalue weighted by atomic mass is 16.6. The molecule has 5 heteroatoms. The topological polar surface area (TPSA) is 49.5 Å². The average Bonchev–Trinajstić information content (AvgIpc) is 3.36. The molecule has 0 aliphatic carbocycles. The maximum absolute atomic E-state index is 5.63. The Hall–Kier alpha value is -2.14. The summed E-state index contributed by atoms with van der Waals surface area (Å²) in [4.78, 5) is 0. The first-order chi connectivity index (χ1) is 10.2. The van der Waals surface area contributed by atoms with E-state index < -0.39 is 0 Å². The lowest BCUT2D eigenvalue weighted by atomic mass is 10.0. The Morgan fingerprint density at radius 3 is 1.90 bits per heavy atom. The summed E-state index contributed by atoms with van der Waals surface area (Å²) in [6.07, 6.45) is 0.0501. The fourth-order valence-electron chi connectivity index (χ4n) is 2.65. The fraction of sp³-hybridized carbons (Fsp3) is 0.375. The summed E-state index contributed by atoms with van der Waals surface area (Å²) in [5, 5.41) is 1.67. The van der Waals surface area contributed by atoms with E-state index in [1.807, 2.05) is 18.2 Å². The molecule has 1 aliphatic heterocycles. The maximum atomic E-state index is 5.63. The van der Waals surface area contributed by atoms with Crippen LogP contribution in [0.2, 0.25) is 0 Å². The minimum Gasteiger partial charge on any atom is -0.496 e. The van der Waals surface area contributed by atoms with Crippen LogP contribution in [0.3, 0.4) is 0 Å². The van der Waals surface area contributed by atoms with Crippen LogP contribution in [-0.2, 0) is 4.74 Å². The van der Waals surface area contributed by atoms with E-state index in [0.29, 0.717) is 23.9 Å². The summed E-state index contributed by atoms with van der Waals surface area (Å²) in [5.74, 6) is 2.88. The van der Waals surface area contributed by atoms with Crippen LogP contribution in [0.15, 0.2) is 18.2 Å².